The van der Waals surface area contributed by atoms with Crippen molar-refractivity contribution in [2.24, 2.45) is 5.92 Å². The van der Waals surface area contributed by atoms with Crippen LogP contribution < -0.4 is 4.90 Å². The predicted molar refractivity (Wildman–Crippen MR) is 66.2 cm³/mol. The van der Waals surface area contributed by atoms with Crippen LogP contribution >= 0.6 is 0 Å². The van der Waals surface area contributed by atoms with E-state index in [9.17, 15) is 9.59 Å². The summed E-state index contributed by atoms with van der Waals surface area (Å²) in [6, 6.07) is 3.73. The van der Waals surface area contributed by atoms with Crippen LogP contribution in [0, 0.1) is 19.8 Å². The van der Waals surface area contributed by atoms with E-state index in [1.165, 1.54) is 7.11 Å². The molecule has 0 bridgehead atoms. The van der Waals surface area contributed by atoms with Gasteiger partial charge in [0.2, 0.25) is 5.91 Å². The second-order valence-corrected chi connectivity index (χ2v) is 4.49. The van der Waals surface area contributed by atoms with Crippen LogP contribution in [0.1, 0.15) is 17.8 Å². The molecule has 0 radical (unpaired) electrons. The summed E-state index contributed by atoms with van der Waals surface area (Å²) in [5.74, 6) is -0.758. The lowest BCUT2D eigenvalue weighted by molar-refractivity contribution is -0.145. The summed E-state index contributed by atoms with van der Waals surface area (Å²) in [6.07, 6.45) is 0.208. The van der Waals surface area contributed by atoms with Crippen molar-refractivity contribution in [3.8, 4) is 0 Å². The number of aryl methyl sites for hydroxylation is 2. The fourth-order valence-electron chi connectivity index (χ4n) is 2.23. The number of anilines is 1. The number of ether oxygens (including phenoxy) is 1. The van der Waals surface area contributed by atoms with Crippen molar-refractivity contribution >= 4 is 17.6 Å². The van der Waals surface area contributed by atoms with E-state index < -0.39 is 0 Å². The Kier molecular flexibility index (Phi) is 3.32. The molecule has 1 amide bonds. The Morgan fingerprint density at radius 3 is 2.78 bits per heavy atom. The van der Waals surface area contributed by atoms with Crippen molar-refractivity contribution < 1.29 is 14.3 Å². The van der Waals surface area contributed by atoms with Gasteiger partial charge in [-0.15, -0.1) is 0 Å². The summed E-state index contributed by atoms with van der Waals surface area (Å²) in [7, 11) is 1.34. The number of hydrogen-bond donors (Lipinski definition) is 0. The minimum atomic E-state index is -0.372. The van der Waals surface area contributed by atoms with Crippen molar-refractivity contribution in [2.75, 3.05) is 18.6 Å². The highest BCUT2D eigenvalue weighted by Crippen LogP contribution is 2.27. The first-order valence-electron chi connectivity index (χ1n) is 5.85. The standard InChI is InChI=1S/C13H16N2O3/c1-8-4-5-11(9(2)14-8)15-7-10(6-12(15)16)13(17)18-3/h4-5,10H,6-7H2,1-3H3. The minimum Gasteiger partial charge on any atom is -0.469 e. The number of rotatable bonds is 2. The molecule has 1 aliphatic rings. The molecule has 1 unspecified atom stereocenters. The molecule has 5 heteroatoms. The minimum absolute atomic E-state index is 0.0563. The molecular formula is C13H16N2O3. The first-order chi connectivity index (χ1) is 8.52. The van der Waals surface area contributed by atoms with Crippen molar-refractivity contribution in [3.63, 3.8) is 0 Å². The van der Waals surface area contributed by atoms with E-state index in [0.29, 0.717) is 6.54 Å². The molecule has 0 spiro atoms. The van der Waals surface area contributed by atoms with Crippen LogP contribution in [0.4, 0.5) is 5.69 Å². The van der Waals surface area contributed by atoms with Crippen LogP contribution in [0.25, 0.3) is 0 Å². The molecule has 1 aromatic rings. The van der Waals surface area contributed by atoms with Crippen molar-refractivity contribution in [3.05, 3.63) is 23.5 Å². The second kappa shape index (κ2) is 4.76. The Hall–Kier alpha value is -1.91. The second-order valence-electron chi connectivity index (χ2n) is 4.49. The van der Waals surface area contributed by atoms with Gasteiger partial charge in [0, 0.05) is 18.7 Å². The average molecular weight is 248 g/mol. The van der Waals surface area contributed by atoms with Gasteiger partial charge in [0.05, 0.1) is 24.4 Å². The Morgan fingerprint density at radius 2 is 2.17 bits per heavy atom. The molecule has 0 N–H and O–H groups in total. The first-order valence-corrected chi connectivity index (χ1v) is 5.85. The number of carbonyl (C=O) groups excluding carboxylic acids is 2. The van der Waals surface area contributed by atoms with E-state index in [1.807, 2.05) is 26.0 Å². The highest BCUT2D eigenvalue weighted by molar-refractivity contribution is 5.99. The van der Waals surface area contributed by atoms with Gasteiger partial charge in [-0.2, -0.15) is 0 Å². The molecule has 0 aliphatic carbocycles. The first kappa shape index (κ1) is 12.5. The predicted octanol–water partition coefficient (Wildman–Crippen LogP) is 1.22. The summed E-state index contributed by atoms with van der Waals surface area (Å²) in [4.78, 5) is 29.3. The average Bonchev–Trinajstić information content (AvgIpc) is 2.70. The Labute approximate surface area is 106 Å². The van der Waals surface area contributed by atoms with Gasteiger partial charge < -0.3 is 9.64 Å². The molecule has 1 fully saturated rings. The molecule has 1 aromatic heterocycles. The van der Waals surface area contributed by atoms with Gasteiger partial charge in [0.15, 0.2) is 0 Å². The van der Waals surface area contributed by atoms with Crippen molar-refractivity contribution in [2.45, 2.75) is 20.3 Å². The molecule has 0 aromatic carbocycles. The Morgan fingerprint density at radius 1 is 1.44 bits per heavy atom. The number of hydrogen-bond acceptors (Lipinski definition) is 4. The number of carbonyl (C=O) groups is 2. The number of methoxy groups -OCH3 is 1. The number of amides is 1. The molecule has 0 saturated carbocycles. The van der Waals surface area contributed by atoms with E-state index in [2.05, 4.69) is 9.72 Å². The van der Waals surface area contributed by atoms with Crippen LogP contribution in [0.5, 0.6) is 0 Å². The zero-order valence-corrected chi connectivity index (χ0v) is 10.8. The number of aromatic nitrogens is 1. The molecule has 96 valence electrons. The van der Waals surface area contributed by atoms with Gasteiger partial charge in [-0.3, -0.25) is 14.6 Å². The molecule has 1 saturated heterocycles. The third-order valence-electron chi connectivity index (χ3n) is 3.15. The van der Waals surface area contributed by atoms with E-state index in [0.717, 1.165) is 17.1 Å². The van der Waals surface area contributed by atoms with E-state index in [-0.39, 0.29) is 24.2 Å². The van der Waals surface area contributed by atoms with E-state index in [4.69, 9.17) is 0 Å². The lowest BCUT2D eigenvalue weighted by Gasteiger charge is -2.18. The number of pyridine rings is 1. The maximum atomic E-state index is 11.9. The zero-order valence-electron chi connectivity index (χ0n) is 10.8. The normalized spacial score (nSPS) is 19.2. The van der Waals surface area contributed by atoms with Gasteiger partial charge >= 0.3 is 5.97 Å². The Balaban J connectivity index is 2.24. The van der Waals surface area contributed by atoms with Crippen LogP contribution in [0.3, 0.4) is 0 Å². The molecule has 5 nitrogen and oxygen atoms in total. The number of nitrogens with zero attached hydrogens (tertiary/aromatic N) is 2. The zero-order chi connectivity index (χ0) is 13.3. The number of esters is 1. The fraction of sp³-hybridized carbons (Fsp3) is 0.462. The molecular weight excluding hydrogens is 232 g/mol. The highest BCUT2D eigenvalue weighted by Gasteiger charge is 2.36. The summed E-state index contributed by atoms with van der Waals surface area (Å²) < 4.78 is 4.68. The van der Waals surface area contributed by atoms with Gasteiger partial charge in [-0.25, -0.2) is 0 Å². The smallest absolute Gasteiger partial charge is 0.311 e. The molecule has 2 rings (SSSR count). The third kappa shape index (κ3) is 2.20. The summed E-state index contributed by atoms with van der Waals surface area (Å²) in [5.41, 5.74) is 2.48. The third-order valence-corrected chi connectivity index (χ3v) is 3.15. The molecule has 2 heterocycles. The van der Waals surface area contributed by atoms with Crippen LogP contribution in [0.15, 0.2) is 12.1 Å². The summed E-state index contributed by atoms with van der Waals surface area (Å²) in [6.45, 7) is 4.14. The van der Waals surface area contributed by atoms with Gasteiger partial charge in [0.1, 0.15) is 0 Å². The monoisotopic (exact) mass is 248 g/mol. The summed E-state index contributed by atoms with van der Waals surface area (Å²) >= 11 is 0. The van der Waals surface area contributed by atoms with Crippen LogP contribution in [0.2, 0.25) is 0 Å². The molecule has 1 atom stereocenters. The van der Waals surface area contributed by atoms with Gasteiger partial charge in [-0.05, 0) is 26.0 Å². The lowest BCUT2D eigenvalue weighted by atomic mass is 10.1. The van der Waals surface area contributed by atoms with E-state index in [1.54, 1.807) is 4.90 Å². The van der Waals surface area contributed by atoms with Crippen LogP contribution in [-0.2, 0) is 14.3 Å². The molecule has 1 aliphatic heterocycles. The SMILES string of the molecule is COC(=O)C1CC(=O)N(c2ccc(C)nc2C)C1. The molecule has 18 heavy (non-hydrogen) atoms. The maximum Gasteiger partial charge on any atom is 0.311 e. The quantitative estimate of drug-likeness (QED) is 0.738. The topological polar surface area (TPSA) is 59.5 Å². The largest absolute Gasteiger partial charge is 0.469 e. The highest BCUT2D eigenvalue weighted by atomic mass is 16.5. The van der Waals surface area contributed by atoms with Crippen LogP contribution in [-0.4, -0.2) is 30.5 Å². The lowest BCUT2D eigenvalue weighted by Crippen LogP contribution is -2.27. The maximum absolute atomic E-state index is 11.9. The van der Waals surface area contributed by atoms with Gasteiger partial charge in [0.25, 0.3) is 0 Å². The van der Waals surface area contributed by atoms with Crippen molar-refractivity contribution in [1.82, 2.24) is 4.98 Å². The fourth-order valence-corrected chi connectivity index (χ4v) is 2.23. The van der Waals surface area contributed by atoms with Crippen molar-refractivity contribution in [1.29, 1.82) is 0 Å². The van der Waals surface area contributed by atoms with Gasteiger partial charge in [-0.1, -0.05) is 0 Å². The summed E-state index contributed by atoms with van der Waals surface area (Å²) in [5, 5.41) is 0. The Bertz CT molecular complexity index is 499. The van der Waals surface area contributed by atoms with E-state index >= 15 is 0 Å².